The first-order chi connectivity index (χ1) is 12.5. The third-order valence-corrected chi connectivity index (χ3v) is 3.90. The average molecular weight is 356 g/mol. The molecule has 0 fully saturated rings. The molecule has 0 atom stereocenters. The van der Waals surface area contributed by atoms with Crippen LogP contribution in [0.5, 0.6) is 5.75 Å². The number of hydrogen-bond acceptors (Lipinski definition) is 2. The normalized spacial score (nSPS) is 11.2. The number of alkyl halides is 3. The van der Waals surface area contributed by atoms with E-state index < -0.39 is 11.7 Å². The lowest BCUT2D eigenvalue weighted by atomic mass is 9.97. The highest BCUT2D eigenvalue weighted by molar-refractivity contribution is 5.82. The van der Waals surface area contributed by atoms with Crippen molar-refractivity contribution in [3.8, 4) is 16.9 Å². The monoisotopic (exact) mass is 356 g/mol. The largest absolute Gasteiger partial charge is 0.488 e. The van der Waals surface area contributed by atoms with E-state index in [-0.39, 0.29) is 29.0 Å². The fraction of sp³-hybridized carbons (Fsp3) is 0.0952. The van der Waals surface area contributed by atoms with E-state index in [1.54, 1.807) is 0 Å². The van der Waals surface area contributed by atoms with Gasteiger partial charge in [0.15, 0.2) is 0 Å². The summed E-state index contributed by atoms with van der Waals surface area (Å²) in [5, 5.41) is 0. The highest BCUT2D eigenvalue weighted by atomic mass is 19.4. The molecule has 0 saturated carbocycles. The van der Waals surface area contributed by atoms with Crippen molar-refractivity contribution in [1.82, 2.24) is 0 Å². The number of carbonyl (C=O) groups is 1. The molecular formula is C21H15F3O2. The van der Waals surface area contributed by atoms with Gasteiger partial charge in [0.2, 0.25) is 0 Å². The van der Waals surface area contributed by atoms with Crippen LogP contribution in [0.25, 0.3) is 11.1 Å². The summed E-state index contributed by atoms with van der Waals surface area (Å²) >= 11 is 0. The van der Waals surface area contributed by atoms with Crippen molar-refractivity contribution in [3.63, 3.8) is 0 Å². The van der Waals surface area contributed by atoms with Crippen LogP contribution >= 0.6 is 0 Å². The second-order valence-corrected chi connectivity index (χ2v) is 5.69. The summed E-state index contributed by atoms with van der Waals surface area (Å²) in [5.41, 5.74) is 0.615. The van der Waals surface area contributed by atoms with Crippen LogP contribution in [0.4, 0.5) is 13.2 Å². The van der Waals surface area contributed by atoms with Crippen LogP contribution in [0.1, 0.15) is 21.5 Å². The Labute approximate surface area is 148 Å². The number of hydrogen-bond donors (Lipinski definition) is 0. The summed E-state index contributed by atoms with van der Waals surface area (Å²) in [7, 11) is 0. The van der Waals surface area contributed by atoms with E-state index in [1.165, 1.54) is 36.4 Å². The van der Waals surface area contributed by atoms with Gasteiger partial charge in [-0.3, -0.25) is 4.79 Å². The lowest BCUT2D eigenvalue weighted by Crippen LogP contribution is -2.07. The summed E-state index contributed by atoms with van der Waals surface area (Å²) in [6.07, 6.45) is -3.91. The molecule has 3 rings (SSSR count). The Morgan fingerprint density at radius 3 is 2.23 bits per heavy atom. The van der Waals surface area contributed by atoms with Gasteiger partial charge in [-0.1, -0.05) is 48.5 Å². The smallest absolute Gasteiger partial charge is 0.417 e. The third kappa shape index (κ3) is 3.94. The molecule has 0 spiro atoms. The van der Waals surface area contributed by atoms with Crippen molar-refractivity contribution >= 4 is 6.29 Å². The highest BCUT2D eigenvalue weighted by Gasteiger charge is 2.34. The van der Waals surface area contributed by atoms with Crippen LogP contribution in [-0.4, -0.2) is 6.29 Å². The molecule has 3 aromatic rings. The van der Waals surface area contributed by atoms with E-state index in [0.717, 1.165) is 11.6 Å². The number of rotatable bonds is 5. The van der Waals surface area contributed by atoms with Gasteiger partial charge in [-0.2, -0.15) is 13.2 Å². The van der Waals surface area contributed by atoms with Crippen LogP contribution < -0.4 is 4.74 Å². The molecule has 2 nitrogen and oxygen atoms in total. The first-order valence-electron chi connectivity index (χ1n) is 7.91. The second kappa shape index (κ2) is 7.44. The van der Waals surface area contributed by atoms with Gasteiger partial charge in [0, 0.05) is 11.1 Å². The van der Waals surface area contributed by atoms with E-state index in [4.69, 9.17) is 4.74 Å². The van der Waals surface area contributed by atoms with Crippen LogP contribution in [0.2, 0.25) is 0 Å². The maximum Gasteiger partial charge on any atom is 0.417 e. The minimum absolute atomic E-state index is 0.0215. The highest BCUT2D eigenvalue weighted by Crippen LogP contribution is 2.40. The molecule has 0 unspecified atom stereocenters. The Morgan fingerprint density at radius 2 is 1.54 bits per heavy atom. The molecule has 0 N–H and O–H groups in total. The Bertz CT molecular complexity index is 903. The summed E-state index contributed by atoms with van der Waals surface area (Å²) in [6, 6.07) is 19.0. The van der Waals surface area contributed by atoms with Crippen molar-refractivity contribution in [2.24, 2.45) is 0 Å². The van der Waals surface area contributed by atoms with Gasteiger partial charge < -0.3 is 4.74 Å². The second-order valence-electron chi connectivity index (χ2n) is 5.69. The molecule has 132 valence electrons. The number of ether oxygens (including phenoxy) is 1. The number of benzene rings is 3. The van der Waals surface area contributed by atoms with Crippen molar-refractivity contribution in [2.45, 2.75) is 12.8 Å². The van der Waals surface area contributed by atoms with Gasteiger partial charge in [-0.15, -0.1) is 0 Å². The maximum atomic E-state index is 13.4. The zero-order valence-electron chi connectivity index (χ0n) is 13.7. The molecule has 0 aromatic heterocycles. The predicted octanol–water partition coefficient (Wildman–Crippen LogP) is 5.76. The summed E-state index contributed by atoms with van der Waals surface area (Å²) in [5.74, 6) is 0.288. The molecular weight excluding hydrogens is 341 g/mol. The van der Waals surface area contributed by atoms with E-state index in [1.807, 2.05) is 30.3 Å². The lowest BCUT2D eigenvalue weighted by molar-refractivity contribution is -0.137. The minimum atomic E-state index is -4.51. The summed E-state index contributed by atoms with van der Waals surface area (Å²) < 4.78 is 45.9. The first kappa shape index (κ1) is 17.7. The molecule has 0 bridgehead atoms. The van der Waals surface area contributed by atoms with Crippen LogP contribution in [-0.2, 0) is 12.8 Å². The number of halogens is 3. The van der Waals surface area contributed by atoms with Crippen molar-refractivity contribution in [1.29, 1.82) is 0 Å². The van der Waals surface area contributed by atoms with Gasteiger partial charge in [0.1, 0.15) is 18.6 Å². The third-order valence-electron chi connectivity index (χ3n) is 3.90. The maximum absolute atomic E-state index is 13.4. The molecule has 0 aliphatic carbocycles. The molecule has 5 heteroatoms. The molecule has 0 amide bonds. The average Bonchev–Trinajstić information content (AvgIpc) is 2.66. The Kier molecular flexibility index (Phi) is 5.07. The Morgan fingerprint density at radius 1 is 0.846 bits per heavy atom. The Balaban J connectivity index is 2.04. The van der Waals surface area contributed by atoms with E-state index >= 15 is 0 Å². The minimum Gasteiger partial charge on any atom is -0.488 e. The van der Waals surface area contributed by atoms with E-state index in [0.29, 0.717) is 6.29 Å². The topological polar surface area (TPSA) is 26.3 Å². The molecule has 0 radical (unpaired) electrons. The van der Waals surface area contributed by atoms with E-state index in [2.05, 4.69) is 0 Å². The zero-order valence-corrected chi connectivity index (χ0v) is 13.7. The van der Waals surface area contributed by atoms with Gasteiger partial charge in [-0.25, -0.2) is 0 Å². The van der Waals surface area contributed by atoms with E-state index in [9.17, 15) is 18.0 Å². The van der Waals surface area contributed by atoms with Crippen LogP contribution in [0.15, 0.2) is 72.8 Å². The predicted molar refractivity (Wildman–Crippen MR) is 93.0 cm³/mol. The Hall–Kier alpha value is -3.08. The van der Waals surface area contributed by atoms with Crippen LogP contribution in [0, 0.1) is 0 Å². The first-order valence-corrected chi connectivity index (χ1v) is 7.91. The van der Waals surface area contributed by atoms with Crippen LogP contribution in [0.3, 0.4) is 0 Å². The summed E-state index contributed by atoms with van der Waals surface area (Å²) in [6.45, 7) is 0.211. The quantitative estimate of drug-likeness (QED) is 0.543. The SMILES string of the molecule is O=Cc1ccc(OCc2ccccc2)c(-c2ccccc2C(F)(F)F)c1. The summed E-state index contributed by atoms with van der Waals surface area (Å²) in [4.78, 5) is 11.1. The molecule has 0 aliphatic heterocycles. The van der Waals surface area contributed by atoms with Gasteiger partial charge in [-0.05, 0) is 35.4 Å². The number of carbonyl (C=O) groups excluding carboxylic acids is 1. The zero-order chi connectivity index (χ0) is 18.6. The fourth-order valence-corrected chi connectivity index (χ4v) is 2.66. The fourth-order valence-electron chi connectivity index (χ4n) is 2.66. The molecule has 26 heavy (non-hydrogen) atoms. The molecule has 0 saturated heterocycles. The van der Waals surface area contributed by atoms with Gasteiger partial charge >= 0.3 is 6.18 Å². The van der Waals surface area contributed by atoms with Crippen molar-refractivity contribution in [3.05, 3.63) is 89.5 Å². The van der Waals surface area contributed by atoms with Gasteiger partial charge in [0.25, 0.3) is 0 Å². The lowest BCUT2D eigenvalue weighted by Gasteiger charge is -2.17. The van der Waals surface area contributed by atoms with Crippen molar-refractivity contribution < 1.29 is 22.7 Å². The number of aldehydes is 1. The molecule has 3 aromatic carbocycles. The van der Waals surface area contributed by atoms with Gasteiger partial charge in [0.05, 0.1) is 5.56 Å². The molecule has 0 aliphatic rings. The van der Waals surface area contributed by atoms with Crippen molar-refractivity contribution in [2.75, 3.05) is 0 Å². The molecule has 0 heterocycles. The standard InChI is InChI=1S/C21H15F3O2/c22-21(23,24)19-9-5-4-8-17(19)18-12-16(13-25)10-11-20(18)26-14-15-6-2-1-3-7-15/h1-13H,14H2.